The molecule has 17 heavy (non-hydrogen) atoms. The molecule has 0 spiro atoms. The maximum Gasteiger partial charge on any atom is 0.151 e. The summed E-state index contributed by atoms with van der Waals surface area (Å²) < 4.78 is 18.7. The molecule has 0 amide bonds. The van der Waals surface area contributed by atoms with Gasteiger partial charge in [0.1, 0.15) is 11.6 Å². The molecule has 0 aliphatic heterocycles. The normalized spacial score (nSPS) is 10.0. The molecule has 86 valence electrons. The lowest BCUT2D eigenvalue weighted by Gasteiger charge is -2.05. The van der Waals surface area contributed by atoms with E-state index in [1.54, 1.807) is 24.5 Å². The van der Waals surface area contributed by atoms with Crippen molar-refractivity contribution >= 4 is 6.08 Å². The molecular weight excluding hydrogens is 219 g/mol. The van der Waals surface area contributed by atoms with Gasteiger partial charge in [-0.1, -0.05) is 6.58 Å². The minimum atomic E-state index is -0.333. The van der Waals surface area contributed by atoms with Crippen molar-refractivity contribution < 1.29 is 9.13 Å². The number of methoxy groups -OCH3 is 1. The number of benzene rings is 1. The van der Waals surface area contributed by atoms with E-state index in [4.69, 9.17) is 4.74 Å². The first-order chi connectivity index (χ1) is 8.24. The number of ether oxygens (including phenoxy) is 1. The van der Waals surface area contributed by atoms with Gasteiger partial charge in [0, 0.05) is 23.5 Å². The molecule has 0 radical (unpaired) electrons. The van der Waals surface area contributed by atoms with Gasteiger partial charge in [0.25, 0.3) is 0 Å². The van der Waals surface area contributed by atoms with Crippen LogP contribution in [-0.4, -0.2) is 17.1 Å². The van der Waals surface area contributed by atoms with Gasteiger partial charge in [-0.15, -0.1) is 0 Å². The van der Waals surface area contributed by atoms with Gasteiger partial charge in [0.2, 0.25) is 0 Å². The summed E-state index contributed by atoms with van der Waals surface area (Å²) in [7, 11) is 1.54. The maximum atomic E-state index is 13.6. The lowest BCUT2D eigenvalue weighted by molar-refractivity contribution is 0.414. The van der Waals surface area contributed by atoms with Gasteiger partial charge in [-0.2, -0.15) is 0 Å². The van der Waals surface area contributed by atoms with Crippen LogP contribution in [0.5, 0.6) is 5.75 Å². The van der Waals surface area contributed by atoms with Gasteiger partial charge in [-0.3, -0.25) is 0 Å². The Balaban J connectivity index is 2.47. The van der Waals surface area contributed by atoms with Crippen molar-refractivity contribution in [3.8, 4) is 16.9 Å². The van der Waals surface area contributed by atoms with Crippen LogP contribution in [0, 0.1) is 5.82 Å². The number of nitrogens with zero attached hydrogens (tertiary/aromatic N) is 2. The average molecular weight is 230 g/mol. The van der Waals surface area contributed by atoms with Gasteiger partial charge in [-0.25, -0.2) is 14.4 Å². The second-order valence-electron chi connectivity index (χ2n) is 3.38. The molecule has 0 bridgehead atoms. The minimum absolute atomic E-state index is 0.333. The Kier molecular flexibility index (Phi) is 3.14. The van der Waals surface area contributed by atoms with E-state index in [1.807, 2.05) is 0 Å². The van der Waals surface area contributed by atoms with E-state index in [1.165, 1.54) is 19.3 Å². The zero-order valence-electron chi connectivity index (χ0n) is 9.35. The lowest BCUT2D eigenvalue weighted by Crippen LogP contribution is -1.91. The highest BCUT2D eigenvalue weighted by molar-refractivity contribution is 5.64. The van der Waals surface area contributed by atoms with Gasteiger partial charge in [-0.05, 0) is 24.3 Å². The number of hydrogen-bond donors (Lipinski definition) is 0. The second-order valence-corrected chi connectivity index (χ2v) is 3.38. The van der Waals surface area contributed by atoms with E-state index in [2.05, 4.69) is 16.5 Å². The summed E-state index contributed by atoms with van der Waals surface area (Å²) in [5, 5.41) is 0. The van der Waals surface area contributed by atoms with Crippen LogP contribution >= 0.6 is 0 Å². The summed E-state index contributed by atoms with van der Waals surface area (Å²) in [6.45, 7) is 3.56. The Morgan fingerprint density at radius 1 is 1.29 bits per heavy atom. The molecule has 1 heterocycles. The highest BCUT2D eigenvalue weighted by Gasteiger charge is 2.07. The first kappa shape index (κ1) is 11.3. The molecule has 0 saturated heterocycles. The predicted octanol–water partition coefficient (Wildman–Crippen LogP) is 2.93. The number of halogens is 1. The van der Waals surface area contributed by atoms with Crippen molar-refractivity contribution in [2.45, 2.75) is 0 Å². The second kappa shape index (κ2) is 4.74. The van der Waals surface area contributed by atoms with Crippen molar-refractivity contribution in [2.75, 3.05) is 7.11 Å². The zero-order valence-corrected chi connectivity index (χ0v) is 9.35. The van der Waals surface area contributed by atoms with Crippen LogP contribution in [0.3, 0.4) is 0 Å². The fourth-order valence-corrected chi connectivity index (χ4v) is 1.44. The van der Waals surface area contributed by atoms with Crippen LogP contribution in [0.2, 0.25) is 0 Å². The Morgan fingerprint density at radius 3 is 2.59 bits per heavy atom. The number of aromatic nitrogens is 2. The summed E-state index contributed by atoms with van der Waals surface area (Å²) in [6.07, 6.45) is 4.65. The third-order valence-corrected chi connectivity index (χ3v) is 2.34. The Morgan fingerprint density at radius 2 is 2.00 bits per heavy atom. The Bertz CT molecular complexity index is 538. The van der Waals surface area contributed by atoms with E-state index < -0.39 is 0 Å². The molecule has 0 atom stereocenters. The number of hydrogen-bond acceptors (Lipinski definition) is 3. The highest BCUT2D eigenvalue weighted by atomic mass is 19.1. The van der Waals surface area contributed by atoms with Crippen LogP contribution in [-0.2, 0) is 0 Å². The fraction of sp³-hybridized carbons (Fsp3) is 0.0769. The summed E-state index contributed by atoms with van der Waals surface area (Å²) in [5.74, 6) is 0.770. The van der Waals surface area contributed by atoms with E-state index in [9.17, 15) is 4.39 Å². The van der Waals surface area contributed by atoms with E-state index in [0.717, 1.165) is 0 Å². The van der Waals surface area contributed by atoms with Crippen molar-refractivity contribution in [3.05, 3.63) is 48.8 Å². The SMILES string of the molecule is C=Cc1ncc(-c2cc(OC)ccc2F)cn1. The van der Waals surface area contributed by atoms with E-state index in [-0.39, 0.29) is 5.82 Å². The van der Waals surface area contributed by atoms with E-state index in [0.29, 0.717) is 22.7 Å². The summed E-state index contributed by atoms with van der Waals surface area (Å²) in [6, 6.07) is 4.54. The molecule has 0 N–H and O–H groups in total. The van der Waals surface area contributed by atoms with Crippen molar-refractivity contribution in [3.63, 3.8) is 0 Å². The summed E-state index contributed by atoms with van der Waals surface area (Å²) in [4.78, 5) is 8.07. The van der Waals surface area contributed by atoms with Gasteiger partial charge in [0.05, 0.1) is 7.11 Å². The van der Waals surface area contributed by atoms with Crippen LogP contribution in [0.1, 0.15) is 5.82 Å². The Hall–Kier alpha value is -2.23. The van der Waals surface area contributed by atoms with Gasteiger partial charge in [0.15, 0.2) is 5.82 Å². The summed E-state index contributed by atoms with van der Waals surface area (Å²) >= 11 is 0. The van der Waals surface area contributed by atoms with Crippen LogP contribution in [0.15, 0.2) is 37.2 Å². The standard InChI is InChI=1S/C13H11FN2O/c1-3-13-15-7-9(8-16-13)11-6-10(17-2)4-5-12(11)14/h3-8H,1H2,2H3. The van der Waals surface area contributed by atoms with Crippen molar-refractivity contribution in [2.24, 2.45) is 0 Å². The van der Waals surface area contributed by atoms with Crippen molar-refractivity contribution in [1.29, 1.82) is 0 Å². The molecule has 0 saturated carbocycles. The molecule has 1 aromatic heterocycles. The van der Waals surface area contributed by atoms with Gasteiger partial charge >= 0.3 is 0 Å². The van der Waals surface area contributed by atoms with E-state index >= 15 is 0 Å². The minimum Gasteiger partial charge on any atom is -0.497 e. The largest absolute Gasteiger partial charge is 0.497 e. The molecule has 0 aliphatic rings. The first-order valence-electron chi connectivity index (χ1n) is 5.03. The molecule has 4 heteroatoms. The third kappa shape index (κ3) is 2.30. The molecule has 1 aromatic carbocycles. The summed E-state index contributed by atoms with van der Waals surface area (Å²) in [5.41, 5.74) is 1.02. The third-order valence-electron chi connectivity index (χ3n) is 2.34. The number of rotatable bonds is 3. The van der Waals surface area contributed by atoms with Gasteiger partial charge < -0.3 is 4.74 Å². The molecule has 3 nitrogen and oxygen atoms in total. The molecule has 2 aromatic rings. The Labute approximate surface area is 98.6 Å². The maximum absolute atomic E-state index is 13.6. The molecule has 2 rings (SSSR count). The molecule has 0 aliphatic carbocycles. The molecule has 0 fully saturated rings. The highest BCUT2D eigenvalue weighted by Crippen LogP contribution is 2.25. The first-order valence-corrected chi connectivity index (χ1v) is 5.03. The monoisotopic (exact) mass is 230 g/mol. The predicted molar refractivity (Wildman–Crippen MR) is 64.1 cm³/mol. The molecular formula is C13H11FN2O. The average Bonchev–Trinajstić information content (AvgIpc) is 2.39. The topological polar surface area (TPSA) is 35.0 Å². The fourth-order valence-electron chi connectivity index (χ4n) is 1.44. The van der Waals surface area contributed by atoms with Crippen LogP contribution < -0.4 is 4.74 Å². The smallest absolute Gasteiger partial charge is 0.151 e. The zero-order chi connectivity index (χ0) is 12.3. The van der Waals surface area contributed by atoms with Crippen molar-refractivity contribution in [1.82, 2.24) is 9.97 Å². The van der Waals surface area contributed by atoms with Crippen LogP contribution in [0.4, 0.5) is 4.39 Å². The van der Waals surface area contributed by atoms with Crippen LogP contribution in [0.25, 0.3) is 17.2 Å². The quantitative estimate of drug-likeness (QED) is 0.813. The lowest BCUT2D eigenvalue weighted by atomic mass is 10.1. The molecule has 0 unspecified atom stereocenters.